The average molecular weight is 463 g/mol. The molecule has 3 rings (SSSR count). The summed E-state index contributed by atoms with van der Waals surface area (Å²) in [5.41, 5.74) is -0.681. The van der Waals surface area contributed by atoms with Crippen LogP contribution in [0.1, 0.15) is 24.5 Å². The molecule has 2 heterocycles. The van der Waals surface area contributed by atoms with E-state index in [-0.39, 0.29) is 27.7 Å². The second-order valence-electron chi connectivity index (χ2n) is 6.61. The van der Waals surface area contributed by atoms with Crippen molar-refractivity contribution in [1.29, 1.82) is 0 Å². The Morgan fingerprint density at radius 1 is 1.23 bits per heavy atom. The van der Waals surface area contributed by atoms with Crippen LogP contribution in [-0.4, -0.2) is 28.8 Å². The lowest BCUT2D eigenvalue weighted by molar-refractivity contribution is -0.0436. The summed E-state index contributed by atoms with van der Waals surface area (Å²) in [6.07, 6.45) is 3.44. The molecule has 2 N–H and O–H groups in total. The van der Waals surface area contributed by atoms with Gasteiger partial charge in [0.1, 0.15) is 5.70 Å². The van der Waals surface area contributed by atoms with Gasteiger partial charge in [0.05, 0.1) is 22.5 Å². The van der Waals surface area contributed by atoms with Crippen molar-refractivity contribution in [3.8, 4) is 0 Å². The molecule has 0 saturated carbocycles. The molecule has 0 aliphatic carbocycles. The van der Waals surface area contributed by atoms with Crippen LogP contribution in [0.25, 0.3) is 5.70 Å². The Morgan fingerprint density at radius 3 is 2.30 bits per heavy atom. The Morgan fingerprint density at radius 2 is 1.83 bits per heavy atom. The van der Waals surface area contributed by atoms with Crippen LogP contribution in [-0.2, 0) is 9.84 Å². The zero-order chi connectivity index (χ0) is 22.4. The fourth-order valence-corrected chi connectivity index (χ4v) is 4.19. The Kier molecular flexibility index (Phi) is 5.54. The maximum Gasteiger partial charge on any atom is 0.501 e. The van der Waals surface area contributed by atoms with Gasteiger partial charge in [-0.3, -0.25) is 10.4 Å². The summed E-state index contributed by atoms with van der Waals surface area (Å²) < 4.78 is 63.8. The number of halogens is 4. The maximum atomic E-state index is 12.9. The molecule has 1 aromatic carbocycles. The number of aliphatic hydroxyl groups is 1. The number of benzene rings is 1. The van der Waals surface area contributed by atoms with Gasteiger partial charge in [0, 0.05) is 6.20 Å². The van der Waals surface area contributed by atoms with E-state index in [1.54, 1.807) is 13.1 Å². The molecule has 0 amide bonds. The van der Waals surface area contributed by atoms with Crippen molar-refractivity contribution in [1.82, 2.24) is 15.2 Å². The van der Waals surface area contributed by atoms with E-state index >= 15 is 0 Å². The highest BCUT2D eigenvalue weighted by Crippen LogP contribution is 2.36. The van der Waals surface area contributed by atoms with Crippen LogP contribution in [0, 0.1) is 13.8 Å². The number of hydrogen-bond donors (Lipinski definition) is 2. The smallest absolute Gasteiger partial charge is 0.501 e. The maximum absolute atomic E-state index is 12.9. The first-order valence-corrected chi connectivity index (χ1v) is 10.6. The van der Waals surface area contributed by atoms with E-state index in [0.717, 1.165) is 12.1 Å². The number of rotatable bonds is 4. The van der Waals surface area contributed by atoms with Crippen LogP contribution in [0.4, 0.5) is 18.9 Å². The van der Waals surface area contributed by atoms with Gasteiger partial charge in [-0.2, -0.15) is 18.3 Å². The summed E-state index contributed by atoms with van der Waals surface area (Å²) in [6, 6.07) is 3.46. The van der Waals surface area contributed by atoms with Gasteiger partial charge in [0.25, 0.3) is 9.84 Å². The third-order valence-electron chi connectivity index (χ3n) is 4.51. The number of aryl methyl sites for hydroxylation is 2. The molecule has 0 unspecified atom stereocenters. The van der Waals surface area contributed by atoms with E-state index < -0.39 is 20.2 Å². The van der Waals surface area contributed by atoms with Crippen molar-refractivity contribution < 1.29 is 26.7 Å². The number of hydrogen-bond acceptors (Lipinski definition) is 6. The number of anilines is 1. The van der Waals surface area contributed by atoms with E-state index in [0.29, 0.717) is 17.8 Å². The fraction of sp³-hybridized carbons (Fsp3) is 0.278. The third-order valence-corrected chi connectivity index (χ3v) is 6.18. The Balaban J connectivity index is 2.13. The minimum atomic E-state index is -5.48. The Hall–Kier alpha value is -2.66. The van der Waals surface area contributed by atoms with Gasteiger partial charge in [0.15, 0.2) is 10.9 Å². The summed E-state index contributed by atoms with van der Waals surface area (Å²) in [7, 11) is -5.48. The first-order chi connectivity index (χ1) is 13.9. The van der Waals surface area contributed by atoms with E-state index in [9.17, 15) is 26.7 Å². The molecule has 0 bridgehead atoms. The lowest BCUT2D eigenvalue weighted by Gasteiger charge is -2.32. The molecule has 7 nitrogen and oxygen atoms in total. The first-order valence-electron chi connectivity index (χ1n) is 8.71. The quantitative estimate of drug-likeness (QED) is 0.698. The molecule has 12 heteroatoms. The monoisotopic (exact) mass is 462 g/mol. The predicted octanol–water partition coefficient (Wildman–Crippen LogP) is 4.45. The molecule has 30 heavy (non-hydrogen) atoms. The van der Waals surface area contributed by atoms with Crippen molar-refractivity contribution in [3.63, 3.8) is 0 Å². The van der Waals surface area contributed by atoms with Gasteiger partial charge >= 0.3 is 5.51 Å². The molecule has 0 radical (unpaired) electrons. The van der Waals surface area contributed by atoms with E-state index in [1.807, 2.05) is 0 Å². The molecule has 0 fully saturated rings. The Bertz CT molecular complexity index is 1150. The molecule has 0 atom stereocenters. The number of nitrogens with one attached hydrogen (secondary N) is 1. The van der Waals surface area contributed by atoms with Crippen molar-refractivity contribution in [2.24, 2.45) is 0 Å². The summed E-state index contributed by atoms with van der Waals surface area (Å²) >= 11 is 5.86. The van der Waals surface area contributed by atoms with Crippen LogP contribution in [0.5, 0.6) is 0 Å². The number of hydrazine groups is 1. The molecular weight excluding hydrogens is 445 g/mol. The van der Waals surface area contributed by atoms with E-state index in [1.165, 1.54) is 35.8 Å². The highest BCUT2D eigenvalue weighted by atomic mass is 35.5. The minimum Gasteiger partial charge on any atom is -0.504 e. The summed E-state index contributed by atoms with van der Waals surface area (Å²) in [4.78, 5) is -0.831. The van der Waals surface area contributed by atoms with Gasteiger partial charge in [-0.1, -0.05) is 18.5 Å². The number of allylic oxidation sites excluding steroid dienone is 2. The second-order valence-corrected chi connectivity index (χ2v) is 8.94. The van der Waals surface area contributed by atoms with Gasteiger partial charge in [0.2, 0.25) is 0 Å². The van der Waals surface area contributed by atoms with Crippen molar-refractivity contribution in [2.45, 2.75) is 37.6 Å². The van der Waals surface area contributed by atoms with Crippen molar-refractivity contribution in [2.75, 3.05) is 5.01 Å². The van der Waals surface area contributed by atoms with Crippen LogP contribution in [0.15, 0.2) is 46.9 Å². The highest BCUT2D eigenvalue weighted by molar-refractivity contribution is 7.92. The zero-order valence-corrected chi connectivity index (χ0v) is 17.7. The summed E-state index contributed by atoms with van der Waals surface area (Å²) in [5.74, 6) is -0.0694. The van der Waals surface area contributed by atoms with Crippen LogP contribution in [0.2, 0.25) is 5.15 Å². The fourth-order valence-electron chi connectivity index (χ4n) is 3.12. The van der Waals surface area contributed by atoms with Gasteiger partial charge in [-0.05, 0) is 49.6 Å². The van der Waals surface area contributed by atoms with E-state index in [2.05, 4.69) is 10.5 Å². The molecule has 1 aromatic heterocycles. The van der Waals surface area contributed by atoms with Crippen molar-refractivity contribution >= 4 is 32.8 Å². The number of aliphatic hydroxyl groups excluding tert-OH is 1. The zero-order valence-electron chi connectivity index (χ0n) is 16.1. The largest absolute Gasteiger partial charge is 0.504 e. The molecule has 1 aliphatic heterocycles. The molecule has 0 spiro atoms. The second kappa shape index (κ2) is 7.55. The standard InChI is InChI=1S/C18H18ClF3N4O3S/c1-4-13-17(27)14(25-6-5-15(19)24-25)9-26(23-13)16-10(2)7-12(8-11(16)3)30(28,29)18(20,21)22/h5-9,23,27H,4H2,1-3H3. The van der Waals surface area contributed by atoms with Gasteiger partial charge in [-0.15, -0.1) is 0 Å². The topological polar surface area (TPSA) is 87.5 Å². The lowest BCUT2D eigenvalue weighted by atomic mass is 10.1. The molecule has 1 aliphatic rings. The molecule has 0 saturated heterocycles. The highest BCUT2D eigenvalue weighted by Gasteiger charge is 2.47. The van der Waals surface area contributed by atoms with Crippen LogP contribution in [0.3, 0.4) is 0 Å². The molecular formula is C18H18ClF3N4O3S. The van der Waals surface area contributed by atoms with Gasteiger partial charge < -0.3 is 5.11 Å². The van der Waals surface area contributed by atoms with Crippen molar-refractivity contribution in [3.05, 3.63) is 58.3 Å². The predicted molar refractivity (Wildman–Crippen MR) is 106 cm³/mol. The third kappa shape index (κ3) is 3.74. The van der Waals surface area contributed by atoms with Gasteiger partial charge in [-0.25, -0.2) is 13.1 Å². The number of sulfone groups is 1. The first kappa shape index (κ1) is 22.0. The molecule has 2 aromatic rings. The SMILES string of the molecule is CCC1=C(O)C(n2ccc(Cl)n2)=CN(c2c(C)cc(S(=O)(=O)C(F)(F)F)cc2C)N1. The number of aromatic nitrogens is 2. The Labute approximate surface area is 175 Å². The average Bonchev–Trinajstić information content (AvgIpc) is 3.07. The lowest BCUT2D eigenvalue weighted by Crippen LogP contribution is -2.38. The summed E-state index contributed by atoms with van der Waals surface area (Å²) in [6.45, 7) is 4.80. The number of nitrogens with zero attached hydrogens (tertiary/aromatic N) is 3. The normalized spacial score (nSPS) is 15.3. The molecule has 162 valence electrons. The summed E-state index contributed by atoms with van der Waals surface area (Å²) in [5, 5.41) is 16.3. The number of alkyl halides is 3. The minimum absolute atomic E-state index is 0.0694. The van der Waals surface area contributed by atoms with Crippen LogP contribution < -0.4 is 10.4 Å². The van der Waals surface area contributed by atoms with Crippen LogP contribution >= 0.6 is 11.6 Å². The van der Waals surface area contributed by atoms with E-state index in [4.69, 9.17) is 11.6 Å².